The zero-order valence-electron chi connectivity index (χ0n) is 16.9. The van der Waals surface area contributed by atoms with Gasteiger partial charge < -0.3 is 9.64 Å². The average molecular weight is 489 g/mol. The Balaban J connectivity index is 2.26. The van der Waals surface area contributed by atoms with Crippen molar-refractivity contribution in [2.24, 2.45) is 4.99 Å². The summed E-state index contributed by atoms with van der Waals surface area (Å²) in [6.45, 7) is 5.64. The van der Waals surface area contributed by atoms with Gasteiger partial charge in [-0.1, -0.05) is 12.1 Å². The van der Waals surface area contributed by atoms with Gasteiger partial charge in [-0.05, 0) is 60.0 Å². The van der Waals surface area contributed by atoms with Crippen LogP contribution in [0.4, 0.5) is 23.2 Å². The molecule has 0 aromatic heterocycles. The fraction of sp³-hybridized carbons (Fsp3) is 0.333. The zero-order chi connectivity index (χ0) is 22.6. The summed E-state index contributed by atoms with van der Waals surface area (Å²) in [6.07, 6.45) is -3.16. The largest absolute Gasteiger partial charge is 0.457 e. The van der Waals surface area contributed by atoms with Crippen LogP contribution in [0.15, 0.2) is 33.7 Å². The molecular weight excluding hydrogens is 468 g/mol. The fourth-order valence-corrected chi connectivity index (χ4v) is 3.23. The molecule has 2 rings (SSSR count). The Kier molecular flexibility index (Phi) is 7.63. The Labute approximate surface area is 180 Å². The Morgan fingerprint density at radius 2 is 1.93 bits per heavy atom. The minimum absolute atomic E-state index is 0.217. The predicted molar refractivity (Wildman–Crippen MR) is 111 cm³/mol. The van der Waals surface area contributed by atoms with Gasteiger partial charge in [0.15, 0.2) is 0 Å². The maximum atomic E-state index is 14.1. The van der Waals surface area contributed by atoms with E-state index >= 15 is 0 Å². The normalized spacial score (nSPS) is 11.8. The maximum absolute atomic E-state index is 14.1. The van der Waals surface area contributed by atoms with Crippen LogP contribution in [-0.4, -0.2) is 30.8 Å². The lowest BCUT2D eigenvalue weighted by atomic mass is 10.0. The molecule has 0 saturated carbocycles. The second-order valence-electron chi connectivity index (χ2n) is 6.67. The van der Waals surface area contributed by atoms with Crippen LogP contribution in [0.1, 0.15) is 39.5 Å². The Morgan fingerprint density at radius 1 is 1.27 bits per heavy atom. The molecule has 0 atom stereocenters. The van der Waals surface area contributed by atoms with Gasteiger partial charge in [-0.15, -0.1) is 0 Å². The summed E-state index contributed by atoms with van der Waals surface area (Å²) >= 11 is 3.39. The molecule has 4 nitrogen and oxygen atoms in total. The van der Waals surface area contributed by atoms with Crippen LogP contribution >= 0.6 is 15.9 Å². The monoisotopic (exact) mass is 488 g/mol. The van der Waals surface area contributed by atoms with E-state index in [4.69, 9.17) is 4.74 Å². The lowest BCUT2D eigenvalue weighted by molar-refractivity contribution is -0.140. The molecule has 0 spiro atoms. The SMILES string of the molecule is CCN(C)C=Nc1c(Br)cc(C(=O)OCc2cccc(C(F)(F)F)c2F)c(C)c1C. The van der Waals surface area contributed by atoms with Gasteiger partial charge in [0.05, 0.1) is 23.2 Å². The van der Waals surface area contributed by atoms with Crippen molar-refractivity contribution in [1.82, 2.24) is 4.90 Å². The minimum atomic E-state index is -4.83. The van der Waals surface area contributed by atoms with Crippen LogP contribution in [0.25, 0.3) is 0 Å². The molecule has 0 radical (unpaired) electrons. The Morgan fingerprint density at radius 3 is 2.53 bits per heavy atom. The van der Waals surface area contributed by atoms with Gasteiger partial charge in [-0.2, -0.15) is 13.2 Å². The molecule has 0 unspecified atom stereocenters. The summed E-state index contributed by atoms with van der Waals surface area (Å²) in [4.78, 5) is 18.8. The minimum Gasteiger partial charge on any atom is -0.457 e. The molecule has 0 aliphatic heterocycles. The van der Waals surface area contributed by atoms with Crippen molar-refractivity contribution < 1.29 is 27.1 Å². The van der Waals surface area contributed by atoms with Crippen molar-refractivity contribution in [3.05, 3.63) is 62.4 Å². The number of carbonyl (C=O) groups excluding carboxylic acids is 1. The summed E-state index contributed by atoms with van der Waals surface area (Å²) in [7, 11) is 1.87. The van der Waals surface area contributed by atoms with Gasteiger partial charge in [0.2, 0.25) is 0 Å². The highest BCUT2D eigenvalue weighted by Crippen LogP contribution is 2.35. The van der Waals surface area contributed by atoms with Crippen LogP contribution in [0.3, 0.4) is 0 Å². The van der Waals surface area contributed by atoms with E-state index in [0.29, 0.717) is 21.8 Å². The molecule has 2 aromatic rings. The number of hydrogen-bond acceptors (Lipinski definition) is 3. The topological polar surface area (TPSA) is 41.9 Å². The molecule has 0 amide bonds. The fourth-order valence-electron chi connectivity index (χ4n) is 2.60. The van der Waals surface area contributed by atoms with E-state index in [1.165, 1.54) is 6.07 Å². The molecule has 162 valence electrons. The highest BCUT2D eigenvalue weighted by molar-refractivity contribution is 9.10. The highest BCUT2D eigenvalue weighted by Gasteiger charge is 2.34. The standard InChI is InChI=1S/C21H21BrF4N2O2/c1-5-28(4)11-27-19-13(3)12(2)15(9-17(19)22)20(29)30-10-14-7-6-8-16(18(14)23)21(24,25)26/h6-9,11H,5,10H2,1-4H3. The molecule has 0 saturated heterocycles. The van der Waals surface area contributed by atoms with Crippen molar-refractivity contribution in [3.63, 3.8) is 0 Å². The van der Waals surface area contributed by atoms with Crippen molar-refractivity contribution in [2.45, 2.75) is 33.6 Å². The van der Waals surface area contributed by atoms with Gasteiger partial charge >= 0.3 is 12.1 Å². The van der Waals surface area contributed by atoms with E-state index in [0.717, 1.165) is 24.2 Å². The molecule has 0 N–H and O–H groups in total. The second kappa shape index (κ2) is 9.59. The lowest BCUT2D eigenvalue weighted by Gasteiger charge is -2.15. The van der Waals surface area contributed by atoms with Crippen molar-refractivity contribution in [1.29, 1.82) is 0 Å². The third-order valence-electron chi connectivity index (χ3n) is 4.66. The molecule has 0 fully saturated rings. The predicted octanol–water partition coefficient (Wildman–Crippen LogP) is 6.19. The number of nitrogens with zero attached hydrogens (tertiary/aromatic N) is 2. The number of alkyl halides is 3. The van der Waals surface area contributed by atoms with Gasteiger partial charge in [0, 0.05) is 23.6 Å². The quantitative estimate of drug-likeness (QED) is 0.210. The number of aliphatic imine (C=N–C) groups is 1. The van der Waals surface area contributed by atoms with Crippen LogP contribution in [0.5, 0.6) is 0 Å². The molecule has 9 heteroatoms. The Bertz CT molecular complexity index is 974. The molecular formula is C21H21BrF4N2O2. The summed E-state index contributed by atoms with van der Waals surface area (Å²) in [5, 5.41) is 0. The number of ether oxygens (including phenoxy) is 1. The van der Waals surface area contributed by atoms with Crippen LogP contribution in [0.2, 0.25) is 0 Å². The van der Waals surface area contributed by atoms with E-state index in [1.807, 2.05) is 18.9 Å². The number of halogens is 5. The number of esters is 1. The van der Waals surface area contributed by atoms with E-state index < -0.39 is 30.1 Å². The zero-order valence-corrected chi connectivity index (χ0v) is 18.5. The molecule has 30 heavy (non-hydrogen) atoms. The molecule has 2 aromatic carbocycles. The van der Waals surface area contributed by atoms with Crippen LogP contribution in [0, 0.1) is 19.7 Å². The molecule has 0 aliphatic rings. The van der Waals surface area contributed by atoms with Crippen LogP contribution in [-0.2, 0) is 17.5 Å². The van der Waals surface area contributed by atoms with Gasteiger partial charge in [0.25, 0.3) is 0 Å². The molecule has 0 aliphatic carbocycles. The number of hydrogen-bond donors (Lipinski definition) is 0. The third kappa shape index (κ3) is 5.38. The first-order valence-corrected chi connectivity index (χ1v) is 9.82. The maximum Gasteiger partial charge on any atom is 0.419 e. The first-order valence-electron chi connectivity index (χ1n) is 9.03. The molecule has 0 heterocycles. The van der Waals surface area contributed by atoms with E-state index in [-0.39, 0.29) is 11.1 Å². The smallest absolute Gasteiger partial charge is 0.419 e. The summed E-state index contributed by atoms with van der Waals surface area (Å²) in [5.41, 5.74) is 0.463. The summed E-state index contributed by atoms with van der Waals surface area (Å²) in [5.74, 6) is -2.22. The Hall–Kier alpha value is -2.42. The van der Waals surface area contributed by atoms with Gasteiger partial charge in [-0.3, -0.25) is 0 Å². The lowest BCUT2D eigenvalue weighted by Crippen LogP contribution is -2.14. The first-order chi connectivity index (χ1) is 14.0. The third-order valence-corrected chi connectivity index (χ3v) is 5.27. The van der Waals surface area contributed by atoms with Crippen molar-refractivity contribution in [3.8, 4) is 0 Å². The van der Waals surface area contributed by atoms with E-state index in [2.05, 4.69) is 20.9 Å². The number of carbonyl (C=O) groups is 1. The summed E-state index contributed by atoms with van der Waals surface area (Å²) < 4.78 is 58.3. The van der Waals surface area contributed by atoms with E-state index in [9.17, 15) is 22.4 Å². The second-order valence-corrected chi connectivity index (χ2v) is 7.53. The highest BCUT2D eigenvalue weighted by atomic mass is 79.9. The molecule has 0 bridgehead atoms. The van der Waals surface area contributed by atoms with E-state index in [1.54, 1.807) is 20.2 Å². The first kappa shape index (κ1) is 23.9. The number of rotatable bonds is 6. The van der Waals surface area contributed by atoms with Gasteiger partial charge in [-0.25, -0.2) is 14.2 Å². The van der Waals surface area contributed by atoms with Crippen molar-refractivity contribution >= 4 is 33.9 Å². The van der Waals surface area contributed by atoms with Crippen LogP contribution < -0.4 is 0 Å². The summed E-state index contributed by atoms with van der Waals surface area (Å²) in [6, 6.07) is 4.39. The number of benzene rings is 2. The van der Waals surface area contributed by atoms with Crippen molar-refractivity contribution in [2.75, 3.05) is 13.6 Å². The average Bonchev–Trinajstić information content (AvgIpc) is 2.68. The van der Waals surface area contributed by atoms with Gasteiger partial charge in [0.1, 0.15) is 12.4 Å².